The van der Waals surface area contributed by atoms with E-state index < -0.39 is 28.8 Å². The maximum absolute atomic E-state index is 13.4. The number of benzene rings is 1. The predicted octanol–water partition coefficient (Wildman–Crippen LogP) is 2.86. The third-order valence-corrected chi connectivity index (χ3v) is 2.36. The van der Waals surface area contributed by atoms with Crippen LogP contribution in [0.3, 0.4) is 0 Å². The van der Waals surface area contributed by atoms with E-state index in [4.69, 9.17) is 5.11 Å². The van der Waals surface area contributed by atoms with E-state index in [2.05, 4.69) is 0 Å². The minimum Gasteiger partial charge on any atom is -0.481 e. The molecule has 0 radical (unpaired) electrons. The molecule has 0 atom stereocenters. The van der Waals surface area contributed by atoms with Gasteiger partial charge in [-0.2, -0.15) is 0 Å². The Balaban J connectivity index is 3.23. The first-order chi connectivity index (χ1) is 7.25. The topological polar surface area (TPSA) is 37.3 Å². The minimum absolute atomic E-state index is 0.145. The van der Waals surface area contributed by atoms with Gasteiger partial charge in [0.15, 0.2) is 17.5 Å². The number of halogens is 3. The predicted molar refractivity (Wildman–Crippen MR) is 51.6 cm³/mol. The van der Waals surface area contributed by atoms with Gasteiger partial charge in [0.25, 0.3) is 0 Å². The zero-order chi connectivity index (χ0) is 12.5. The van der Waals surface area contributed by atoms with Gasteiger partial charge in [-0.3, -0.25) is 4.79 Å². The summed E-state index contributed by atoms with van der Waals surface area (Å²) in [7, 11) is 0. The highest BCUT2D eigenvalue weighted by atomic mass is 19.2. The van der Waals surface area contributed by atoms with Crippen molar-refractivity contribution in [3.63, 3.8) is 0 Å². The Morgan fingerprint density at radius 3 is 2.31 bits per heavy atom. The molecule has 0 amide bonds. The number of hydrogen-bond acceptors (Lipinski definition) is 1. The second-order valence-electron chi connectivity index (χ2n) is 4.18. The van der Waals surface area contributed by atoms with Gasteiger partial charge in [0.1, 0.15) is 0 Å². The maximum Gasteiger partial charge on any atom is 0.304 e. The number of hydrogen-bond donors (Lipinski definition) is 1. The first-order valence-corrected chi connectivity index (χ1v) is 4.61. The number of carbonyl (C=O) groups is 1. The van der Waals surface area contributed by atoms with Crippen molar-refractivity contribution >= 4 is 5.97 Å². The smallest absolute Gasteiger partial charge is 0.304 e. The minimum atomic E-state index is -1.57. The molecule has 0 bridgehead atoms. The van der Waals surface area contributed by atoms with Crippen LogP contribution in [0.15, 0.2) is 12.1 Å². The molecule has 16 heavy (non-hydrogen) atoms. The lowest BCUT2D eigenvalue weighted by molar-refractivity contribution is -0.138. The van der Waals surface area contributed by atoms with Gasteiger partial charge in [-0.05, 0) is 11.6 Å². The summed E-state index contributed by atoms with van der Waals surface area (Å²) in [6.45, 7) is 2.91. The average molecular weight is 232 g/mol. The van der Waals surface area contributed by atoms with Crippen molar-refractivity contribution in [3.8, 4) is 0 Å². The van der Waals surface area contributed by atoms with E-state index in [1.54, 1.807) is 0 Å². The van der Waals surface area contributed by atoms with Crippen molar-refractivity contribution < 1.29 is 23.1 Å². The molecule has 0 saturated heterocycles. The van der Waals surface area contributed by atoms with Crippen LogP contribution in [0.4, 0.5) is 13.2 Å². The van der Waals surface area contributed by atoms with E-state index in [0.717, 1.165) is 12.1 Å². The van der Waals surface area contributed by atoms with Gasteiger partial charge in [-0.25, -0.2) is 13.2 Å². The molecule has 0 spiro atoms. The van der Waals surface area contributed by atoms with Crippen molar-refractivity contribution in [3.05, 3.63) is 35.1 Å². The molecule has 0 fully saturated rings. The molecule has 1 aromatic carbocycles. The van der Waals surface area contributed by atoms with Crippen LogP contribution in [0, 0.1) is 17.5 Å². The Kier molecular flexibility index (Phi) is 3.26. The Bertz CT molecular complexity index is 427. The average Bonchev–Trinajstić information content (AvgIpc) is 2.11. The zero-order valence-electron chi connectivity index (χ0n) is 8.85. The molecule has 1 aromatic rings. The molecular weight excluding hydrogens is 221 g/mol. The summed E-state index contributed by atoms with van der Waals surface area (Å²) in [5, 5.41) is 8.63. The largest absolute Gasteiger partial charge is 0.481 e. The first-order valence-electron chi connectivity index (χ1n) is 4.61. The number of aliphatic carboxylic acids is 1. The third-order valence-electron chi connectivity index (χ3n) is 2.36. The Morgan fingerprint density at radius 1 is 1.25 bits per heavy atom. The molecule has 0 aromatic heterocycles. The zero-order valence-corrected chi connectivity index (χ0v) is 8.85. The summed E-state index contributed by atoms with van der Waals surface area (Å²) in [6.07, 6.45) is -0.366. The SMILES string of the molecule is CC(C)(CC(=O)O)c1ccc(F)c(F)c1F. The highest BCUT2D eigenvalue weighted by Crippen LogP contribution is 2.30. The van der Waals surface area contributed by atoms with Gasteiger partial charge in [-0.1, -0.05) is 19.9 Å². The van der Waals surface area contributed by atoms with Crippen LogP contribution >= 0.6 is 0 Å². The Labute approximate surface area is 90.7 Å². The van der Waals surface area contributed by atoms with Crippen molar-refractivity contribution in [2.75, 3.05) is 0 Å². The van der Waals surface area contributed by atoms with Crippen molar-refractivity contribution in [2.24, 2.45) is 0 Å². The van der Waals surface area contributed by atoms with Crippen LogP contribution < -0.4 is 0 Å². The monoisotopic (exact) mass is 232 g/mol. The Morgan fingerprint density at radius 2 is 1.81 bits per heavy atom. The number of carboxylic acids is 1. The summed E-state index contributed by atoms with van der Waals surface area (Å²) in [6, 6.07) is 1.86. The van der Waals surface area contributed by atoms with Crippen molar-refractivity contribution in [1.29, 1.82) is 0 Å². The van der Waals surface area contributed by atoms with E-state index in [1.165, 1.54) is 13.8 Å². The molecule has 0 unspecified atom stereocenters. The van der Waals surface area contributed by atoms with Crippen molar-refractivity contribution in [1.82, 2.24) is 0 Å². The van der Waals surface area contributed by atoms with Gasteiger partial charge < -0.3 is 5.11 Å². The molecule has 1 rings (SSSR count). The molecule has 1 N–H and O–H groups in total. The lowest BCUT2D eigenvalue weighted by Crippen LogP contribution is -2.23. The quantitative estimate of drug-likeness (QED) is 0.813. The molecule has 0 heterocycles. The van der Waals surface area contributed by atoms with Gasteiger partial charge in [-0.15, -0.1) is 0 Å². The lowest BCUT2D eigenvalue weighted by Gasteiger charge is -2.23. The molecule has 0 aliphatic rings. The van der Waals surface area contributed by atoms with Gasteiger partial charge in [0.05, 0.1) is 6.42 Å². The fourth-order valence-corrected chi connectivity index (χ4v) is 1.52. The van der Waals surface area contributed by atoms with E-state index in [1.807, 2.05) is 0 Å². The third kappa shape index (κ3) is 2.35. The second kappa shape index (κ2) is 4.15. The van der Waals surface area contributed by atoms with Crippen LogP contribution in [-0.2, 0) is 10.2 Å². The van der Waals surface area contributed by atoms with E-state index in [0.29, 0.717) is 0 Å². The highest BCUT2D eigenvalue weighted by molar-refractivity contribution is 5.68. The molecule has 2 nitrogen and oxygen atoms in total. The number of carboxylic acid groups (broad SMARTS) is 1. The molecule has 0 saturated carbocycles. The fourth-order valence-electron chi connectivity index (χ4n) is 1.52. The maximum atomic E-state index is 13.4. The molecule has 0 aliphatic heterocycles. The fraction of sp³-hybridized carbons (Fsp3) is 0.364. The van der Waals surface area contributed by atoms with Gasteiger partial charge >= 0.3 is 5.97 Å². The summed E-state index contributed by atoms with van der Waals surface area (Å²) >= 11 is 0. The molecule has 5 heteroatoms. The molecule has 88 valence electrons. The first kappa shape index (κ1) is 12.5. The Hall–Kier alpha value is -1.52. The van der Waals surface area contributed by atoms with E-state index >= 15 is 0 Å². The van der Waals surface area contributed by atoms with E-state index in [-0.39, 0.29) is 12.0 Å². The van der Waals surface area contributed by atoms with Crippen LogP contribution in [0.5, 0.6) is 0 Å². The number of rotatable bonds is 3. The molecular formula is C11H11F3O2. The van der Waals surface area contributed by atoms with Crippen LogP contribution in [-0.4, -0.2) is 11.1 Å². The summed E-state index contributed by atoms with van der Waals surface area (Å²) < 4.78 is 39.0. The summed E-state index contributed by atoms with van der Waals surface area (Å²) in [5.41, 5.74) is -1.24. The van der Waals surface area contributed by atoms with Gasteiger partial charge in [0.2, 0.25) is 0 Å². The normalized spacial score (nSPS) is 11.6. The van der Waals surface area contributed by atoms with Gasteiger partial charge in [0, 0.05) is 5.41 Å². The molecule has 0 aliphatic carbocycles. The van der Waals surface area contributed by atoms with Crippen LogP contribution in [0.1, 0.15) is 25.8 Å². The second-order valence-corrected chi connectivity index (χ2v) is 4.18. The lowest BCUT2D eigenvalue weighted by atomic mass is 9.81. The standard InChI is InChI=1S/C11H11F3O2/c1-11(2,5-8(15)16)6-3-4-7(12)10(14)9(6)13/h3-4H,5H2,1-2H3,(H,15,16). The van der Waals surface area contributed by atoms with Crippen LogP contribution in [0.25, 0.3) is 0 Å². The van der Waals surface area contributed by atoms with Crippen molar-refractivity contribution in [2.45, 2.75) is 25.7 Å². The van der Waals surface area contributed by atoms with Crippen LogP contribution in [0.2, 0.25) is 0 Å². The summed E-state index contributed by atoms with van der Waals surface area (Å²) in [4.78, 5) is 10.6. The highest BCUT2D eigenvalue weighted by Gasteiger charge is 2.29. The van der Waals surface area contributed by atoms with E-state index in [9.17, 15) is 18.0 Å². The summed E-state index contributed by atoms with van der Waals surface area (Å²) in [5.74, 6) is -5.32.